The molecule has 0 fully saturated rings. The molecule has 0 radical (unpaired) electrons. The second-order valence-electron chi connectivity index (χ2n) is 4.45. The van der Waals surface area contributed by atoms with E-state index < -0.39 is 12.1 Å². The Bertz CT molecular complexity index is 690. The molecule has 1 aliphatic heterocycles. The Labute approximate surface area is 123 Å². The van der Waals surface area contributed by atoms with E-state index in [0.717, 1.165) is 4.47 Å². The van der Waals surface area contributed by atoms with E-state index in [2.05, 4.69) is 21.2 Å². The van der Waals surface area contributed by atoms with Gasteiger partial charge in [-0.15, -0.1) is 0 Å². The van der Waals surface area contributed by atoms with Crippen molar-refractivity contribution >= 4 is 27.5 Å². The second kappa shape index (κ2) is 4.81. The summed E-state index contributed by atoms with van der Waals surface area (Å²) in [5.74, 6) is -0.513. The third-order valence-corrected chi connectivity index (χ3v) is 3.68. The van der Waals surface area contributed by atoms with Crippen molar-refractivity contribution in [1.29, 1.82) is 0 Å². The lowest BCUT2D eigenvalue weighted by molar-refractivity contribution is -0.0855. The van der Waals surface area contributed by atoms with Crippen molar-refractivity contribution in [2.24, 2.45) is 0 Å². The zero-order valence-corrected chi connectivity index (χ0v) is 11.8. The average Bonchev–Trinajstić information content (AvgIpc) is 2.46. The van der Waals surface area contributed by atoms with Crippen LogP contribution >= 0.6 is 15.9 Å². The number of amides is 1. The molecule has 1 atom stereocenters. The summed E-state index contributed by atoms with van der Waals surface area (Å²) in [7, 11) is 0. The first-order valence-corrected chi connectivity index (χ1v) is 6.73. The first-order chi connectivity index (χ1) is 9.58. The SMILES string of the molecule is O=C1c2ccccc2NC(c2cc(Br)ccc2O)N1O. The zero-order chi connectivity index (χ0) is 14.3. The summed E-state index contributed by atoms with van der Waals surface area (Å²) in [5, 5.41) is 23.6. The number of phenolic OH excluding ortho intramolecular Hbond substituents is 1. The lowest BCUT2D eigenvalue weighted by Crippen LogP contribution is -2.40. The summed E-state index contributed by atoms with van der Waals surface area (Å²) in [6, 6.07) is 11.7. The first kappa shape index (κ1) is 13.0. The summed E-state index contributed by atoms with van der Waals surface area (Å²) < 4.78 is 0.742. The minimum Gasteiger partial charge on any atom is -0.508 e. The van der Waals surface area contributed by atoms with Crippen LogP contribution in [0.3, 0.4) is 0 Å². The van der Waals surface area contributed by atoms with Gasteiger partial charge in [0.2, 0.25) is 0 Å². The Morgan fingerprint density at radius 2 is 1.95 bits per heavy atom. The normalized spacial score (nSPS) is 17.6. The number of rotatable bonds is 1. The van der Waals surface area contributed by atoms with Crippen LogP contribution in [0.25, 0.3) is 0 Å². The van der Waals surface area contributed by atoms with Gasteiger partial charge in [-0.3, -0.25) is 10.0 Å². The summed E-state index contributed by atoms with van der Waals surface area (Å²) >= 11 is 3.31. The van der Waals surface area contributed by atoms with Crippen LogP contribution in [0.4, 0.5) is 5.69 Å². The number of para-hydroxylation sites is 1. The molecule has 0 aliphatic carbocycles. The number of anilines is 1. The molecule has 0 bridgehead atoms. The van der Waals surface area contributed by atoms with Crippen molar-refractivity contribution in [3.63, 3.8) is 0 Å². The van der Waals surface area contributed by atoms with Crippen LogP contribution in [0, 0.1) is 0 Å². The highest BCUT2D eigenvalue weighted by molar-refractivity contribution is 9.10. The number of nitrogens with one attached hydrogen (secondary N) is 1. The molecule has 0 saturated heterocycles. The number of phenols is 1. The highest BCUT2D eigenvalue weighted by atomic mass is 79.9. The van der Waals surface area contributed by atoms with E-state index in [-0.39, 0.29) is 5.75 Å². The van der Waals surface area contributed by atoms with Gasteiger partial charge in [0, 0.05) is 15.7 Å². The number of halogens is 1. The monoisotopic (exact) mass is 334 g/mol. The van der Waals surface area contributed by atoms with Crippen molar-refractivity contribution in [2.45, 2.75) is 6.17 Å². The number of fused-ring (bicyclic) bond motifs is 1. The number of hydrogen-bond acceptors (Lipinski definition) is 4. The number of aromatic hydroxyl groups is 1. The van der Waals surface area contributed by atoms with Crippen molar-refractivity contribution in [1.82, 2.24) is 5.06 Å². The summed E-state index contributed by atoms with van der Waals surface area (Å²) in [5.41, 5.74) is 1.41. The highest BCUT2D eigenvalue weighted by Crippen LogP contribution is 2.36. The quantitative estimate of drug-likeness (QED) is 0.700. The van der Waals surface area contributed by atoms with Crippen molar-refractivity contribution < 1.29 is 15.1 Å². The summed E-state index contributed by atoms with van der Waals surface area (Å²) in [4.78, 5) is 12.1. The van der Waals surface area contributed by atoms with E-state index in [1.165, 1.54) is 6.07 Å². The molecule has 1 aliphatic rings. The maximum atomic E-state index is 12.1. The number of hydroxylamine groups is 2. The maximum absolute atomic E-state index is 12.1. The largest absolute Gasteiger partial charge is 0.508 e. The van der Waals surface area contributed by atoms with Crippen LogP contribution in [-0.2, 0) is 0 Å². The Hall–Kier alpha value is -2.05. The Morgan fingerprint density at radius 3 is 2.75 bits per heavy atom. The molecule has 3 rings (SSSR count). The highest BCUT2D eigenvalue weighted by Gasteiger charge is 2.33. The van der Waals surface area contributed by atoms with Gasteiger partial charge in [0.1, 0.15) is 5.75 Å². The van der Waals surface area contributed by atoms with Crippen LogP contribution in [-0.4, -0.2) is 21.3 Å². The predicted molar refractivity (Wildman–Crippen MR) is 76.6 cm³/mol. The van der Waals surface area contributed by atoms with E-state index in [9.17, 15) is 15.1 Å². The lowest BCUT2D eigenvalue weighted by Gasteiger charge is -2.33. The van der Waals surface area contributed by atoms with Gasteiger partial charge < -0.3 is 10.4 Å². The predicted octanol–water partition coefficient (Wildman–Crippen LogP) is 3.11. The molecule has 0 saturated carbocycles. The number of nitrogens with zero attached hydrogens (tertiary/aromatic N) is 1. The molecule has 1 unspecified atom stereocenters. The van der Waals surface area contributed by atoms with Gasteiger partial charge in [0.05, 0.1) is 5.56 Å². The molecule has 0 spiro atoms. The molecule has 1 heterocycles. The maximum Gasteiger partial charge on any atom is 0.281 e. The van der Waals surface area contributed by atoms with Crippen LogP contribution in [0.2, 0.25) is 0 Å². The molecule has 20 heavy (non-hydrogen) atoms. The fourth-order valence-electron chi connectivity index (χ4n) is 2.20. The molecule has 6 heteroatoms. The molecular formula is C14H11BrN2O3. The smallest absolute Gasteiger partial charge is 0.281 e. The lowest BCUT2D eigenvalue weighted by atomic mass is 10.0. The van der Waals surface area contributed by atoms with Crippen LogP contribution < -0.4 is 5.32 Å². The van der Waals surface area contributed by atoms with E-state index >= 15 is 0 Å². The Balaban J connectivity index is 2.08. The topological polar surface area (TPSA) is 72.8 Å². The van der Waals surface area contributed by atoms with Gasteiger partial charge in [0.15, 0.2) is 6.17 Å². The van der Waals surface area contributed by atoms with Gasteiger partial charge in [-0.1, -0.05) is 28.1 Å². The molecular weight excluding hydrogens is 324 g/mol. The summed E-state index contributed by atoms with van der Waals surface area (Å²) in [6.07, 6.45) is -0.838. The minimum atomic E-state index is -0.838. The molecule has 102 valence electrons. The number of carbonyl (C=O) groups excluding carboxylic acids is 1. The third-order valence-electron chi connectivity index (χ3n) is 3.19. The van der Waals surface area contributed by atoms with E-state index in [1.54, 1.807) is 36.4 Å². The van der Waals surface area contributed by atoms with E-state index in [4.69, 9.17) is 0 Å². The second-order valence-corrected chi connectivity index (χ2v) is 5.36. The van der Waals surface area contributed by atoms with Gasteiger partial charge >= 0.3 is 0 Å². The van der Waals surface area contributed by atoms with Crippen molar-refractivity contribution in [3.8, 4) is 5.75 Å². The third kappa shape index (κ3) is 2.03. The fourth-order valence-corrected chi connectivity index (χ4v) is 2.58. The standard InChI is InChI=1S/C14H11BrN2O3/c15-8-5-6-12(18)10(7-8)13-16-11-4-2-1-3-9(11)14(19)17(13)20/h1-7,13,16,18,20H. The Morgan fingerprint density at radius 1 is 1.20 bits per heavy atom. The number of hydrogen-bond donors (Lipinski definition) is 3. The molecule has 2 aromatic carbocycles. The molecule has 0 aromatic heterocycles. The summed E-state index contributed by atoms with van der Waals surface area (Å²) in [6.45, 7) is 0. The number of carbonyl (C=O) groups is 1. The molecule has 1 amide bonds. The van der Waals surface area contributed by atoms with Crippen molar-refractivity contribution in [3.05, 3.63) is 58.1 Å². The van der Waals surface area contributed by atoms with Gasteiger partial charge in [-0.2, -0.15) is 5.06 Å². The zero-order valence-electron chi connectivity index (χ0n) is 10.2. The van der Waals surface area contributed by atoms with Crippen LogP contribution in [0.15, 0.2) is 46.9 Å². The van der Waals surface area contributed by atoms with Gasteiger partial charge in [-0.05, 0) is 30.3 Å². The van der Waals surface area contributed by atoms with Crippen LogP contribution in [0.5, 0.6) is 5.75 Å². The van der Waals surface area contributed by atoms with E-state index in [0.29, 0.717) is 21.9 Å². The first-order valence-electron chi connectivity index (χ1n) is 5.94. The fraction of sp³-hybridized carbons (Fsp3) is 0.0714. The average molecular weight is 335 g/mol. The Kier molecular flexibility index (Phi) is 3.11. The molecule has 2 aromatic rings. The number of benzene rings is 2. The van der Waals surface area contributed by atoms with Crippen molar-refractivity contribution in [2.75, 3.05) is 5.32 Å². The van der Waals surface area contributed by atoms with Crippen LogP contribution in [0.1, 0.15) is 22.1 Å². The molecule has 5 nitrogen and oxygen atoms in total. The molecule has 3 N–H and O–H groups in total. The van der Waals surface area contributed by atoms with Gasteiger partial charge in [-0.25, -0.2) is 0 Å². The van der Waals surface area contributed by atoms with Gasteiger partial charge in [0.25, 0.3) is 5.91 Å². The van der Waals surface area contributed by atoms with E-state index in [1.807, 2.05) is 0 Å². The minimum absolute atomic E-state index is 0.00284.